The SMILES string of the molecule is CC(C)c1nc2c([nH]1)=CN=C=CN=2. The van der Waals surface area contributed by atoms with E-state index >= 15 is 0 Å². The highest BCUT2D eigenvalue weighted by Gasteiger charge is 2.03. The standard InChI is InChI=1S/C9H10N4/c1-6(2)8-12-7-5-10-3-4-11-9(7)13-8/h4-6H,1-2H3,(H,11,12,13). The van der Waals surface area contributed by atoms with Crippen molar-refractivity contribution in [3.05, 3.63) is 22.9 Å². The number of H-pyrrole nitrogens is 1. The molecule has 0 saturated carbocycles. The van der Waals surface area contributed by atoms with Crippen LogP contribution in [0.2, 0.25) is 0 Å². The summed E-state index contributed by atoms with van der Waals surface area (Å²) >= 11 is 0. The van der Waals surface area contributed by atoms with Crippen molar-refractivity contribution in [3.8, 4) is 0 Å². The van der Waals surface area contributed by atoms with Crippen LogP contribution in [0.25, 0.3) is 6.20 Å². The van der Waals surface area contributed by atoms with Gasteiger partial charge in [0.1, 0.15) is 11.2 Å². The molecule has 0 bridgehead atoms. The summed E-state index contributed by atoms with van der Waals surface area (Å²) in [6.45, 7) is 4.16. The molecule has 0 aliphatic carbocycles. The molecule has 0 saturated heterocycles. The molecule has 1 aromatic rings. The molecular weight excluding hydrogens is 164 g/mol. The van der Waals surface area contributed by atoms with E-state index in [-0.39, 0.29) is 0 Å². The molecule has 0 fully saturated rings. The molecule has 4 heteroatoms. The second-order valence-electron chi connectivity index (χ2n) is 3.16. The second kappa shape index (κ2) is 2.99. The number of aromatic nitrogens is 2. The Labute approximate surface area is 75.5 Å². The summed E-state index contributed by atoms with van der Waals surface area (Å²) in [6.07, 6.45) is 3.20. The minimum absolute atomic E-state index is 0.378. The van der Waals surface area contributed by atoms with E-state index in [0.717, 1.165) is 11.2 Å². The lowest BCUT2D eigenvalue weighted by Crippen LogP contribution is -2.23. The maximum Gasteiger partial charge on any atom is 0.179 e. The van der Waals surface area contributed by atoms with Crippen LogP contribution in [0, 0.1) is 0 Å². The Morgan fingerprint density at radius 1 is 1.46 bits per heavy atom. The van der Waals surface area contributed by atoms with Crippen molar-refractivity contribution in [2.45, 2.75) is 19.8 Å². The lowest BCUT2D eigenvalue weighted by atomic mass is 10.2. The van der Waals surface area contributed by atoms with Crippen molar-refractivity contribution in [2.24, 2.45) is 9.98 Å². The number of nitrogens with zero attached hydrogens (tertiary/aromatic N) is 3. The van der Waals surface area contributed by atoms with E-state index in [9.17, 15) is 0 Å². The maximum absolute atomic E-state index is 4.33. The average molecular weight is 174 g/mol. The third kappa shape index (κ3) is 1.44. The Bertz CT molecular complexity index is 449. The third-order valence-electron chi connectivity index (χ3n) is 1.79. The highest BCUT2D eigenvalue weighted by molar-refractivity contribution is 5.56. The number of aliphatic imine (C=N–C) groups is 1. The average Bonchev–Trinajstić information content (AvgIpc) is 2.38. The van der Waals surface area contributed by atoms with E-state index in [4.69, 9.17) is 0 Å². The number of nitrogens with one attached hydrogen (secondary N) is 1. The van der Waals surface area contributed by atoms with Crippen LogP contribution >= 0.6 is 0 Å². The molecule has 0 amide bonds. The summed E-state index contributed by atoms with van der Waals surface area (Å²) in [6, 6.07) is 0. The summed E-state index contributed by atoms with van der Waals surface area (Å²) in [5.41, 5.74) is 0.692. The zero-order valence-corrected chi connectivity index (χ0v) is 7.57. The first-order valence-electron chi connectivity index (χ1n) is 4.18. The van der Waals surface area contributed by atoms with Crippen molar-refractivity contribution in [1.82, 2.24) is 9.97 Å². The van der Waals surface area contributed by atoms with Crippen molar-refractivity contribution in [2.75, 3.05) is 0 Å². The van der Waals surface area contributed by atoms with Gasteiger partial charge in [-0.2, -0.15) is 0 Å². The molecule has 2 rings (SSSR count). The predicted molar refractivity (Wildman–Crippen MR) is 49.9 cm³/mol. The Hall–Kier alpha value is -1.67. The largest absolute Gasteiger partial charge is 0.339 e. The molecule has 66 valence electrons. The van der Waals surface area contributed by atoms with Crippen LogP contribution in [0.1, 0.15) is 25.6 Å². The van der Waals surface area contributed by atoms with Crippen LogP contribution in [0.4, 0.5) is 0 Å². The first kappa shape index (κ1) is 7.95. The second-order valence-corrected chi connectivity index (χ2v) is 3.16. The van der Waals surface area contributed by atoms with Gasteiger partial charge in [-0.3, -0.25) is 0 Å². The van der Waals surface area contributed by atoms with Gasteiger partial charge in [0.25, 0.3) is 0 Å². The van der Waals surface area contributed by atoms with Crippen molar-refractivity contribution >= 4 is 12.1 Å². The minimum Gasteiger partial charge on any atom is -0.339 e. The molecule has 0 radical (unpaired) electrons. The zero-order chi connectivity index (χ0) is 9.26. The molecule has 0 aromatic carbocycles. The number of hydrogen-bond acceptors (Lipinski definition) is 3. The number of imidazole rings is 1. The van der Waals surface area contributed by atoms with Gasteiger partial charge in [0.15, 0.2) is 5.49 Å². The van der Waals surface area contributed by atoms with Crippen LogP contribution in [0.3, 0.4) is 0 Å². The van der Waals surface area contributed by atoms with Gasteiger partial charge in [-0.15, -0.1) is 0 Å². The lowest BCUT2D eigenvalue weighted by Gasteiger charge is -1.95. The number of rotatable bonds is 1. The highest BCUT2D eigenvalue weighted by atomic mass is 15.0. The summed E-state index contributed by atoms with van der Waals surface area (Å²) < 4.78 is 0. The van der Waals surface area contributed by atoms with Crippen LogP contribution in [0.15, 0.2) is 16.2 Å². The number of fused-ring (bicyclic) bond motifs is 1. The van der Waals surface area contributed by atoms with E-state index in [1.54, 1.807) is 6.20 Å². The van der Waals surface area contributed by atoms with Crippen LogP contribution in [-0.4, -0.2) is 15.8 Å². The molecule has 0 spiro atoms. The molecule has 13 heavy (non-hydrogen) atoms. The van der Waals surface area contributed by atoms with Crippen LogP contribution in [-0.2, 0) is 0 Å². The monoisotopic (exact) mass is 174 g/mol. The molecule has 1 N–H and O–H groups in total. The quantitative estimate of drug-likeness (QED) is 0.644. The molecule has 1 aliphatic heterocycles. The van der Waals surface area contributed by atoms with Gasteiger partial charge in [0, 0.05) is 11.8 Å². The molecule has 1 aliphatic rings. The third-order valence-corrected chi connectivity index (χ3v) is 1.79. The fourth-order valence-corrected chi connectivity index (χ4v) is 1.08. The van der Waals surface area contributed by atoms with Crippen molar-refractivity contribution in [3.63, 3.8) is 0 Å². The van der Waals surface area contributed by atoms with Gasteiger partial charge in [0.05, 0.1) is 12.4 Å². The van der Waals surface area contributed by atoms with Crippen LogP contribution in [0.5, 0.6) is 0 Å². The summed E-state index contributed by atoms with van der Waals surface area (Å²) in [5, 5.41) is 0.852. The predicted octanol–water partition coefficient (Wildman–Crippen LogP) is 0.0877. The van der Waals surface area contributed by atoms with Crippen molar-refractivity contribution < 1.29 is 0 Å². The van der Waals surface area contributed by atoms with E-state index in [2.05, 4.69) is 39.7 Å². The van der Waals surface area contributed by atoms with Gasteiger partial charge in [0.2, 0.25) is 0 Å². The minimum atomic E-state index is 0.378. The molecule has 1 aromatic heterocycles. The molecule has 0 unspecified atom stereocenters. The lowest BCUT2D eigenvalue weighted by molar-refractivity contribution is 0.789. The zero-order valence-electron chi connectivity index (χ0n) is 7.57. The summed E-state index contributed by atoms with van der Waals surface area (Å²) in [7, 11) is 0. The number of aromatic amines is 1. The van der Waals surface area contributed by atoms with Crippen LogP contribution < -0.4 is 10.8 Å². The molecule has 4 nitrogen and oxygen atoms in total. The van der Waals surface area contributed by atoms with Gasteiger partial charge in [-0.05, 0) is 0 Å². The molecule has 2 heterocycles. The topological polar surface area (TPSA) is 53.4 Å². The normalized spacial score (nSPS) is 13.5. The Kier molecular flexibility index (Phi) is 1.83. The van der Waals surface area contributed by atoms with E-state index in [0.29, 0.717) is 11.4 Å². The summed E-state index contributed by atoms with van der Waals surface area (Å²) in [5.74, 6) is 3.97. The van der Waals surface area contributed by atoms with E-state index in [1.807, 2.05) is 0 Å². The van der Waals surface area contributed by atoms with Gasteiger partial charge in [-0.25, -0.2) is 15.0 Å². The fourth-order valence-electron chi connectivity index (χ4n) is 1.08. The smallest absolute Gasteiger partial charge is 0.179 e. The van der Waals surface area contributed by atoms with Gasteiger partial charge < -0.3 is 4.98 Å². The highest BCUT2D eigenvalue weighted by Crippen LogP contribution is 2.03. The van der Waals surface area contributed by atoms with Gasteiger partial charge in [-0.1, -0.05) is 13.8 Å². The van der Waals surface area contributed by atoms with Crippen molar-refractivity contribution in [1.29, 1.82) is 0 Å². The van der Waals surface area contributed by atoms with E-state index in [1.165, 1.54) is 6.20 Å². The first-order valence-corrected chi connectivity index (χ1v) is 4.18. The fraction of sp³-hybridized carbons (Fsp3) is 0.333. The van der Waals surface area contributed by atoms with E-state index < -0.39 is 0 Å². The Morgan fingerprint density at radius 2 is 2.31 bits per heavy atom. The Balaban J connectivity index is 2.66. The molecule has 0 atom stereocenters. The van der Waals surface area contributed by atoms with Gasteiger partial charge >= 0.3 is 0 Å². The first-order chi connectivity index (χ1) is 6.27. The Morgan fingerprint density at radius 3 is 3.08 bits per heavy atom. The number of hydrogen-bond donors (Lipinski definition) is 1. The summed E-state index contributed by atoms with van der Waals surface area (Å²) in [4.78, 5) is 15.5. The molecular formula is C9H10N4. The maximum atomic E-state index is 4.33.